The van der Waals surface area contributed by atoms with Crippen LogP contribution in [0.25, 0.3) is 0 Å². The third-order valence-corrected chi connectivity index (χ3v) is 4.71. The second kappa shape index (κ2) is 9.00. The van der Waals surface area contributed by atoms with Crippen LogP contribution in [0.15, 0.2) is 78.9 Å². The molecule has 0 saturated heterocycles. The van der Waals surface area contributed by atoms with Crippen molar-refractivity contribution >= 4 is 17.5 Å². The van der Waals surface area contributed by atoms with E-state index in [0.717, 1.165) is 22.4 Å². The fourth-order valence-corrected chi connectivity index (χ4v) is 2.94. The maximum absolute atomic E-state index is 13.0. The Labute approximate surface area is 165 Å². The molecule has 0 radical (unpaired) electrons. The van der Waals surface area contributed by atoms with Crippen LogP contribution in [0, 0.1) is 13.8 Å². The average molecular weight is 372 g/mol. The summed E-state index contributed by atoms with van der Waals surface area (Å²) in [5.74, 6) is -0.506. The van der Waals surface area contributed by atoms with Crippen LogP contribution in [0.3, 0.4) is 0 Å². The number of hydrogen-bond donors (Lipinski definition) is 2. The highest BCUT2D eigenvalue weighted by Crippen LogP contribution is 2.15. The fraction of sp³-hybridized carbons (Fsp3) is 0.167. The lowest BCUT2D eigenvalue weighted by molar-refractivity contribution is -0.118. The molecule has 142 valence electrons. The third kappa shape index (κ3) is 5.07. The summed E-state index contributed by atoms with van der Waals surface area (Å²) in [6, 6.07) is 23.7. The first-order valence-electron chi connectivity index (χ1n) is 9.31. The van der Waals surface area contributed by atoms with Crippen LogP contribution in [0.1, 0.15) is 27.0 Å². The lowest BCUT2D eigenvalue weighted by Gasteiger charge is -2.19. The molecule has 1 unspecified atom stereocenters. The summed E-state index contributed by atoms with van der Waals surface area (Å²) in [4.78, 5) is 25.6. The Morgan fingerprint density at radius 1 is 0.821 bits per heavy atom. The van der Waals surface area contributed by atoms with Gasteiger partial charge in [0, 0.05) is 17.7 Å². The molecule has 0 aliphatic heterocycles. The van der Waals surface area contributed by atoms with Gasteiger partial charge >= 0.3 is 0 Å². The predicted molar refractivity (Wildman–Crippen MR) is 112 cm³/mol. The summed E-state index contributed by atoms with van der Waals surface area (Å²) < 4.78 is 0. The molecule has 28 heavy (non-hydrogen) atoms. The number of hydrogen-bond acceptors (Lipinski definition) is 2. The van der Waals surface area contributed by atoms with Crippen molar-refractivity contribution < 1.29 is 9.59 Å². The molecule has 0 aromatic heterocycles. The molecule has 0 fully saturated rings. The van der Waals surface area contributed by atoms with Crippen molar-refractivity contribution in [1.29, 1.82) is 0 Å². The van der Waals surface area contributed by atoms with E-state index in [0.29, 0.717) is 12.0 Å². The zero-order valence-electron chi connectivity index (χ0n) is 16.1. The molecule has 4 nitrogen and oxygen atoms in total. The standard InChI is InChI=1S/C24H24N2O2/c1-17-13-14-21(15-18(17)2)25-24(28)22(16-19-9-5-3-6-10-19)26-23(27)20-11-7-4-8-12-20/h3-15,22H,16H2,1-2H3,(H,25,28)(H,26,27). The summed E-state index contributed by atoms with van der Waals surface area (Å²) in [7, 11) is 0. The van der Waals surface area contributed by atoms with Gasteiger partial charge in [-0.3, -0.25) is 9.59 Å². The molecular weight excluding hydrogens is 348 g/mol. The van der Waals surface area contributed by atoms with Gasteiger partial charge in [-0.05, 0) is 54.8 Å². The SMILES string of the molecule is Cc1ccc(NC(=O)C(Cc2ccccc2)NC(=O)c2ccccc2)cc1C. The lowest BCUT2D eigenvalue weighted by Crippen LogP contribution is -2.45. The Hall–Kier alpha value is -3.40. The molecule has 0 aliphatic carbocycles. The molecule has 0 saturated carbocycles. The maximum atomic E-state index is 13.0. The Morgan fingerprint density at radius 3 is 2.11 bits per heavy atom. The van der Waals surface area contributed by atoms with Gasteiger partial charge < -0.3 is 10.6 Å². The van der Waals surface area contributed by atoms with Crippen LogP contribution in [-0.4, -0.2) is 17.9 Å². The zero-order chi connectivity index (χ0) is 19.9. The molecule has 0 heterocycles. The van der Waals surface area contributed by atoms with Crippen molar-refractivity contribution in [3.05, 3.63) is 101 Å². The van der Waals surface area contributed by atoms with Crippen LogP contribution >= 0.6 is 0 Å². The van der Waals surface area contributed by atoms with E-state index in [1.807, 2.05) is 68.4 Å². The first-order valence-corrected chi connectivity index (χ1v) is 9.31. The van der Waals surface area contributed by atoms with E-state index >= 15 is 0 Å². The van der Waals surface area contributed by atoms with Gasteiger partial charge in [0.1, 0.15) is 6.04 Å². The van der Waals surface area contributed by atoms with E-state index < -0.39 is 6.04 Å². The molecule has 2 N–H and O–H groups in total. The predicted octanol–water partition coefficient (Wildman–Crippen LogP) is 4.28. The molecule has 2 amide bonds. The molecule has 3 rings (SSSR count). The number of nitrogens with one attached hydrogen (secondary N) is 2. The van der Waals surface area contributed by atoms with Crippen molar-refractivity contribution in [3.8, 4) is 0 Å². The van der Waals surface area contributed by atoms with Crippen LogP contribution < -0.4 is 10.6 Å². The first-order chi connectivity index (χ1) is 13.5. The van der Waals surface area contributed by atoms with Gasteiger partial charge in [-0.1, -0.05) is 54.6 Å². The lowest BCUT2D eigenvalue weighted by atomic mass is 10.0. The van der Waals surface area contributed by atoms with Crippen molar-refractivity contribution in [2.24, 2.45) is 0 Å². The smallest absolute Gasteiger partial charge is 0.251 e. The molecule has 3 aromatic rings. The number of amides is 2. The Balaban J connectivity index is 1.79. The number of benzene rings is 3. The van der Waals surface area contributed by atoms with Crippen molar-refractivity contribution in [2.45, 2.75) is 26.3 Å². The van der Waals surface area contributed by atoms with E-state index in [1.165, 1.54) is 0 Å². The van der Waals surface area contributed by atoms with Crippen LogP contribution in [0.4, 0.5) is 5.69 Å². The Kier molecular flexibility index (Phi) is 6.22. The highest BCUT2D eigenvalue weighted by Gasteiger charge is 2.22. The largest absolute Gasteiger partial charge is 0.340 e. The molecule has 0 spiro atoms. The van der Waals surface area contributed by atoms with Gasteiger partial charge in [0.05, 0.1) is 0 Å². The summed E-state index contributed by atoms with van der Waals surface area (Å²) in [5, 5.41) is 5.81. The maximum Gasteiger partial charge on any atom is 0.251 e. The van der Waals surface area contributed by atoms with Crippen molar-refractivity contribution in [3.63, 3.8) is 0 Å². The van der Waals surface area contributed by atoms with E-state index in [-0.39, 0.29) is 11.8 Å². The molecule has 3 aromatic carbocycles. The molecule has 0 aliphatic rings. The first kappa shape index (κ1) is 19.4. The number of carbonyl (C=O) groups is 2. The second-order valence-electron chi connectivity index (χ2n) is 6.87. The number of anilines is 1. The van der Waals surface area contributed by atoms with E-state index in [2.05, 4.69) is 10.6 Å². The summed E-state index contributed by atoms with van der Waals surface area (Å²) >= 11 is 0. The highest BCUT2D eigenvalue weighted by molar-refractivity contribution is 6.01. The number of carbonyl (C=O) groups excluding carboxylic acids is 2. The van der Waals surface area contributed by atoms with Gasteiger partial charge in [0.25, 0.3) is 5.91 Å². The van der Waals surface area contributed by atoms with Gasteiger partial charge in [-0.15, -0.1) is 0 Å². The highest BCUT2D eigenvalue weighted by atomic mass is 16.2. The third-order valence-electron chi connectivity index (χ3n) is 4.71. The molecule has 1 atom stereocenters. The van der Waals surface area contributed by atoms with Crippen LogP contribution in [0.2, 0.25) is 0 Å². The molecule has 4 heteroatoms. The van der Waals surface area contributed by atoms with Crippen molar-refractivity contribution in [2.75, 3.05) is 5.32 Å². The number of aryl methyl sites for hydroxylation is 2. The normalized spacial score (nSPS) is 11.5. The molecule has 0 bridgehead atoms. The van der Waals surface area contributed by atoms with Gasteiger partial charge in [0.15, 0.2) is 0 Å². The topological polar surface area (TPSA) is 58.2 Å². The summed E-state index contributed by atoms with van der Waals surface area (Å²) in [6.07, 6.45) is 0.413. The Morgan fingerprint density at radius 2 is 1.46 bits per heavy atom. The van der Waals surface area contributed by atoms with Crippen molar-refractivity contribution in [1.82, 2.24) is 5.32 Å². The quantitative estimate of drug-likeness (QED) is 0.678. The monoisotopic (exact) mass is 372 g/mol. The van der Waals surface area contributed by atoms with Gasteiger partial charge in [0.2, 0.25) is 5.91 Å². The average Bonchev–Trinajstić information content (AvgIpc) is 2.71. The minimum absolute atomic E-state index is 0.239. The number of rotatable bonds is 6. The fourth-order valence-electron chi connectivity index (χ4n) is 2.94. The summed E-state index contributed by atoms with van der Waals surface area (Å²) in [6.45, 7) is 4.03. The van der Waals surface area contributed by atoms with E-state index in [9.17, 15) is 9.59 Å². The summed E-state index contributed by atoms with van der Waals surface area (Å²) in [5.41, 5.74) is 4.50. The molecular formula is C24H24N2O2. The Bertz CT molecular complexity index is 953. The van der Waals surface area contributed by atoms with Gasteiger partial charge in [-0.25, -0.2) is 0 Å². The second-order valence-corrected chi connectivity index (χ2v) is 6.87. The van der Waals surface area contributed by atoms with E-state index in [4.69, 9.17) is 0 Å². The van der Waals surface area contributed by atoms with Gasteiger partial charge in [-0.2, -0.15) is 0 Å². The zero-order valence-corrected chi connectivity index (χ0v) is 16.1. The minimum atomic E-state index is -0.684. The van der Waals surface area contributed by atoms with Crippen LogP contribution in [0.5, 0.6) is 0 Å². The minimum Gasteiger partial charge on any atom is -0.340 e. The van der Waals surface area contributed by atoms with E-state index in [1.54, 1.807) is 24.3 Å². The van der Waals surface area contributed by atoms with Crippen LogP contribution in [-0.2, 0) is 11.2 Å².